The Balaban J connectivity index is 0.00000220. The summed E-state index contributed by atoms with van der Waals surface area (Å²) in [6.07, 6.45) is 2.79. The van der Waals surface area contributed by atoms with Crippen LogP contribution in [0.3, 0.4) is 0 Å². The molecule has 2 rings (SSSR count). The van der Waals surface area contributed by atoms with Crippen molar-refractivity contribution < 1.29 is 4.79 Å². The van der Waals surface area contributed by atoms with Gasteiger partial charge in [0.2, 0.25) is 5.91 Å². The van der Waals surface area contributed by atoms with Crippen molar-refractivity contribution in [1.29, 1.82) is 0 Å². The number of hydrogen-bond acceptors (Lipinski definition) is 3. The maximum atomic E-state index is 12.5. The van der Waals surface area contributed by atoms with Gasteiger partial charge in [0.05, 0.1) is 6.04 Å². The fraction of sp³-hybridized carbons (Fsp3) is 0.562. The van der Waals surface area contributed by atoms with Crippen molar-refractivity contribution in [3.63, 3.8) is 0 Å². The van der Waals surface area contributed by atoms with Gasteiger partial charge in [-0.25, -0.2) is 0 Å². The Morgan fingerprint density at radius 1 is 1.43 bits per heavy atom. The molecule has 1 aliphatic heterocycles. The first-order valence-corrected chi connectivity index (χ1v) is 8.47. The lowest BCUT2D eigenvalue weighted by atomic mass is 9.78. The molecule has 0 spiro atoms. The number of amides is 1. The van der Waals surface area contributed by atoms with Gasteiger partial charge in [-0.2, -0.15) is 11.8 Å². The van der Waals surface area contributed by atoms with Crippen molar-refractivity contribution in [2.75, 3.05) is 18.6 Å². The smallest absolute Gasteiger partial charge is 0.239 e. The molecular weight excluding hydrogens is 304 g/mol. The monoisotopic (exact) mass is 328 g/mol. The summed E-state index contributed by atoms with van der Waals surface area (Å²) in [5.74, 6) is 1.02. The van der Waals surface area contributed by atoms with Gasteiger partial charge in [0.15, 0.2) is 0 Å². The summed E-state index contributed by atoms with van der Waals surface area (Å²) >= 11 is 1.73. The predicted molar refractivity (Wildman–Crippen MR) is 93.1 cm³/mol. The Morgan fingerprint density at radius 3 is 2.76 bits per heavy atom. The summed E-state index contributed by atoms with van der Waals surface area (Å²) in [6.45, 7) is 5.82. The van der Waals surface area contributed by atoms with Crippen LogP contribution in [0, 0.1) is 0 Å². The van der Waals surface area contributed by atoms with Crippen molar-refractivity contribution in [3.8, 4) is 0 Å². The van der Waals surface area contributed by atoms with Crippen LogP contribution in [0.25, 0.3) is 0 Å². The van der Waals surface area contributed by atoms with E-state index in [-0.39, 0.29) is 29.8 Å². The number of halogens is 1. The van der Waals surface area contributed by atoms with E-state index in [0.717, 1.165) is 18.7 Å². The molecule has 0 saturated carbocycles. The lowest BCUT2D eigenvalue weighted by Crippen LogP contribution is -2.50. The van der Waals surface area contributed by atoms with Gasteiger partial charge in [0.25, 0.3) is 0 Å². The number of nitrogens with two attached hydrogens (primary N) is 1. The molecule has 0 bridgehead atoms. The minimum Gasteiger partial charge on any atom is -0.336 e. The second-order valence-corrected chi connectivity index (χ2v) is 7.11. The molecule has 1 aliphatic rings. The van der Waals surface area contributed by atoms with Crippen molar-refractivity contribution in [3.05, 3.63) is 35.4 Å². The molecule has 3 nitrogen and oxygen atoms in total. The van der Waals surface area contributed by atoms with Gasteiger partial charge in [0.1, 0.15) is 0 Å². The molecule has 1 amide bonds. The number of thioether (sulfide) groups is 1. The molecule has 2 N–H and O–H groups in total. The van der Waals surface area contributed by atoms with Crippen molar-refractivity contribution in [2.24, 2.45) is 5.73 Å². The van der Waals surface area contributed by atoms with Gasteiger partial charge in [-0.05, 0) is 29.6 Å². The summed E-state index contributed by atoms with van der Waals surface area (Å²) in [5.41, 5.74) is 8.62. The molecule has 1 unspecified atom stereocenters. The summed E-state index contributed by atoms with van der Waals surface area (Å²) in [7, 11) is 0. The van der Waals surface area contributed by atoms with E-state index in [1.807, 2.05) is 17.2 Å². The number of fused-ring (bicyclic) bond motifs is 1. The average molecular weight is 329 g/mol. The summed E-state index contributed by atoms with van der Waals surface area (Å²) in [5, 5.41) is 0. The first-order valence-electron chi connectivity index (χ1n) is 7.07. The summed E-state index contributed by atoms with van der Waals surface area (Å²) in [4.78, 5) is 14.4. The number of hydrogen-bond donors (Lipinski definition) is 1. The molecular formula is C16H25ClN2OS. The van der Waals surface area contributed by atoms with E-state index in [9.17, 15) is 4.79 Å². The lowest BCUT2D eigenvalue weighted by Gasteiger charge is -2.40. The third-order valence-corrected chi connectivity index (χ3v) is 4.60. The van der Waals surface area contributed by atoms with E-state index in [1.165, 1.54) is 11.1 Å². The Kier molecular flexibility index (Phi) is 6.57. The van der Waals surface area contributed by atoms with Crippen molar-refractivity contribution in [1.82, 2.24) is 4.90 Å². The van der Waals surface area contributed by atoms with Crippen LogP contribution in [0.2, 0.25) is 0 Å². The molecule has 0 aliphatic carbocycles. The van der Waals surface area contributed by atoms with Crippen LogP contribution in [-0.4, -0.2) is 35.4 Å². The van der Waals surface area contributed by atoms with Gasteiger partial charge < -0.3 is 10.6 Å². The highest BCUT2D eigenvalue weighted by molar-refractivity contribution is 7.98. The molecule has 1 atom stereocenters. The Morgan fingerprint density at radius 2 is 2.10 bits per heavy atom. The minimum absolute atomic E-state index is 0. The molecule has 0 saturated heterocycles. The zero-order valence-corrected chi connectivity index (χ0v) is 14.6. The average Bonchev–Trinajstić information content (AvgIpc) is 2.43. The zero-order valence-electron chi connectivity index (χ0n) is 13.0. The van der Waals surface area contributed by atoms with Gasteiger partial charge in [-0.3, -0.25) is 4.79 Å². The molecule has 0 aromatic heterocycles. The standard InChI is InChI=1S/C16H24N2OS.ClH/c1-16(2)11-18(15(19)14(17)8-9-20-3)10-12-6-4-5-7-13(12)16;/h4-7,14H,8-11,17H2,1-3H3;1H. The van der Waals surface area contributed by atoms with Crippen molar-refractivity contribution in [2.45, 2.75) is 38.3 Å². The van der Waals surface area contributed by atoms with Gasteiger partial charge in [0, 0.05) is 18.5 Å². The van der Waals surface area contributed by atoms with Crippen LogP contribution >= 0.6 is 24.2 Å². The summed E-state index contributed by atoms with van der Waals surface area (Å²) < 4.78 is 0. The maximum absolute atomic E-state index is 12.5. The largest absolute Gasteiger partial charge is 0.336 e. The maximum Gasteiger partial charge on any atom is 0.239 e. The molecule has 1 aromatic rings. The highest BCUT2D eigenvalue weighted by Crippen LogP contribution is 2.33. The predicted octanol–water partition coefficient (Wildman–Crippen LogP) is 2.81. The van der Waals surface area contributed by atoms with Crippen LogP contribution in [0.15, 0.2) is 24.3 Å². The van der Waals surface area contributed by atoms with Gasteiger partial charge in [-0.1, -0.05) is 38.1 Å². The minimum atomic E-state index is -0.372. The third-order valence-electron chi connectivity index (χ3n) is 3.96. The first kappa shape index (κ1) is 18.3. The molecule has 118 valence electrons. The number of carbonyl (C=O) groups is 1. The van der Waals surface area contributed by atoms with Crippen LogP contribution in [0.1, 0.15) is 31.4 Å². The number of nitrogens with zero attached hydrogens (tertiary/aromatic N) is 1. The van der Waals surface area contributed by atoms with E-state index < -0.39 is 0 Å². The Labute approximate surface area is 138 Å². The Hall–Kier alpha value is -0.710. The van der Waals surface area contributed by atoms with E-state index in [4.69, 9.17) is 5.73 Å². The van der Waals surface area contributed by atoms with E-state index in [1.54, 1.807) is 11.8 Å². The fourth-order valence-corrected chi connectivity index (χ4v) is 3.39. The Bertz CT molecular complexity index is 493. The molecule has 1 aromatic carbocycles. The molecule has 0 fully saturated rings. The molecule has 21 heavy (non-hydrogen) atoms. The van der Waals surface area contributed by atoms with Crippen LogP contribution in [-0.2, 0) is 16.8 Å². The highest BCUT2D eigenvalue weighted by Gasteiger charge is 2.34. The van der Waals surface area contributed by atoms with Gasteiger partial charge >= 0.3 is 0 Å². The number of rotatable bonds is 4. The van der Waals surface area contributed by atoms with E-state index in [2.05, 4.69) is 32.0 Å². The van der Waals surface area contributed by atoms with Crippen LogP contribution in [0.5, 0.6) is 0 Å². The highest BCUT2D eigenvalue weighted by atomic mass is 35.5. The second-order valence-electron chi connectivity index (χ2n) is 6.12. The number of benzene rings is 1. The normalized spacial score (nSPS) is 17.6. The fourth-order valence-electron chi connectivity index (χ4n) is 2.90. The van der Waals surface area contributed by atoms with E-state index >= 15 is 0 Å². The summed E-state index contributed by atoms with van der Waals surface area (Å²) in [6, 6.07) is 8.02. The molecule has 0 radical (unpaired) electrons. The molecule has 1 heterocycles. The lowest BCUT2D eigenvalue weighted by molar-refractivity contribution is -0.134. The van der Waals surface area contributed by atoms with E-state index in [0.29, 0.717) is 6.54 Å². The zero-order chi connectivity index (χ0) is 14.8. The van der Waals surface area contributed by atoms with Crippen LogP contribution < -0.4 is 5.73 Å². The number of carbonyl (C=O) groups excluding carboxylic acids is 1. The van der Waals surface area contributed by atoms with Crippen LogP contribution in [0.4, 0.5) is 0 Å². The van der Waals surface area contributed by atoms with Crippen molar-refractivity contribution >= 4 is 30.1 Å². The second kappa shape index (κ2) is 7.52. The SMILES string of the molecule is CSCCC(N)C(=O)N1Cc2ccccc2C(C)(C)C1.Cl. The third kappa shape index (κ3) is 4.15. The first-order chi connectivity index (χ1) is 9.45. The quantitative estimate of drug-likeness (QED) is 0.924. The van der Waals surface area contributed by atoms with Gasteiger partial charge in [-0.15, -0.1) is 12.4 Å². The molecule has 5 heteroatoms. The topological polar surface area (TPSA) is 46.3 Å².